The summed E-state index contributed by atoms with van der Waals surface area (Å²) >= 11 is 24.2. The van der Waals surface area contributed by atoms with Crippen molar-refractivity contribution in [2.75, 3.05) is 0 Å². The second-order valence-corrected chi connectivity index (χ2v) is 10.9. The molecule has 0 saturated carbocycles. The van der Waals surface area contributed by atoms with Crippen LogP contribution < -0.4 is 9.46 Å². The van der Waals surface area contributed by atoms with Crippen LogP contribution in [0.3, 0.4) is 0 Å². The van der Waals surface area contributed by atoms with E-state index in [0.29, 0.717) is 32.5 Å². The average Bonchev–Trinajstić information content (AvgIpc) is 3.28. The monoisotopic (exact) mass is 535 g/mol. The van der Waals surface area contributed by atoms with E-state index in [1.165, 1.54) is 6.07 Å². The number of thiophene rings is 1. The summed E-state index contributed by atoms with van der Waals surface area (Å²) in [5, 5.41) is 1.36. The molecule has 0 saturated heterocycles. The molecular formula is C19H9Cl4NO5S2. The zero-order valence-corrected chi connectivity index (χ0v) is 19.6. The smallest absolute Gasteiger partial charge is 0.300 e. The van der Waals surface area contributed by atoms with Gasteiger partial charge in [0.15, 0.2) is 5.76 Å². The third-order valence-corrected chi connectivity index (χ3v) is 8.36. The Kier molecular flexibility index (Phi) is 6.13. The molecule has 4 aromatic rings. The molecule has 0 spiro atoms. The summed E-state index contributed by atoms with van der Waals surface area (Å²) in [7, 11) is -4.16. The van der Waals surface area contributed by atoms with Gasteiger partial charge in [-0.1, -0.05) is 46.4 Å². The zero-order chi connectivity index (χ0) is 22.3. The van der Waals surface area contributed by atoms with Crippen LogP contribution >= 0.6 is 57.7 Å². The molecule has 4 rings (SSSR count). The van der Waals surface area contributed by atoms with Crippen molar-refractivity contribution >= 4 is 84.6 Å². The Morgan fingerprint density at radius 1 is 0.903 bits per heavy atom. The summed E-state index contributed by atoms with van der Waals surface area (Å²) in [6.07, 6.45) is 0. The summed E-state index contributed by atoms with van der Waals surface area (Å²) < 4.78 is 37.8. The van der Waals surface area contributed by atoms with Crippen LogP contribution in [0.15, 0.2) is 57.2 Å². The van der Waals surface area contributed by atoms with Gasteiger partial charge in [0.2, 0.25) is 0 Å². The van der Waals surface area contributed by atoms with E-state index in [-0.39, 0.29) is 19.3 Å². The maximum atomic E-state index is 12.4. The van der Waals surface area contributed by atoms with E-state index in [2.05, 4.69) is 0 Å². The number of rotatable bonds is 5. The molecule has 0 aliphatic rings. The fourth-order valence-corrected chi connectivity index (χ4v) is 5.68. The molecule has 160 valence electrons. The lowest BCUT2D eigenvalue weighted by Crippen LogP contribution is -2.29. The number of benzene rings is 2. The summed E-state index contributed by atoms with van der Waals surface area (Å²) in [5.41, 5.74) is 0.367. The Labute approximate surface area is 200 Å². The van der Waals surface area contributed by atoms with Gasteiger partial charge < -0.3 is 9.15 Å². The number of furan rings is 1. The number of ether oxygens (including phenoxy) is 1. The number of fused-ring (bicyclic) bond motifs is 1. The van der Waals surface area contributed by atoms with Gasteiger partial charge >= 0.3 is 5.91 Å². The van der Waals surface area contributed by atoms with Crippen LogP contribution in [-0.4, -0.2) is 14.3 Å². The maximum Gasteiger partial charge on any atom is 0.300 e. The van der Waals surface area contributed by atoms with Gasteiger partial charge in [0, 0.05) is 11.5 Å². The number of carbonyl (C=O) groups is 1. The number of hydrogen-bond donors (Lipinski definition) is 1. The van der Waals surface area contributed by atoms with Crippen LogP contribution in [0.4, 0.5) is 0 Å². The molecule has 0 aliphatic carbocycles. The fraction of sp³-hybridized carbons (Fsp3) is 0. The first-order valence-electron chi connectivity index (χ1n) is 8.31. The van der Waals surface area contributed by atoms with Gasteiger partial charge in [-0.15, -0.1) is 11.3 Å². The van der Waals surface area contributed by atoms with E-state index in [0.717, 1.165) is 17.4 Å². The van der Waals surface area contributed by atoms with Crippen LogP contribution in [0, 0.1) is 0 Å². The summed E-state index contributed by atoms with van der Waals surface area (Å²) in [6.45, 7) is 0. The van der Waals surface area contributed by atoms with Gasteiger partial charge in [0.05, 0.1) is 15.1 Å². The number of carbonyl (C=O) groups excluding carboxylic acids is 1. The average molecular weight is 537 g/mol. The van der Waals surface area contributed by atoms with E-state index in [1.54, 1.807) is 36.4 Å². The third-order valence-electron chi connectivity index (χ3n) is 3.95. The van der Waals surface area contributed by atoms with Gasteiger partial charge in [-0.3, -0.25) is 4.79 Å². The molecule has 1 amide bonds. The van der Waals surface area contributed by atoms with Crippen molar-refractivity contribution in [2.24, 2.45) is 0 Å². The molecule has 0 aliphatic heterocycles. The minimum Gasteiger partial charge on any atom is -0.457 e. The van der Waals surface area contributed by atoms with Crippen molar-refractivity contribution in [1.29, 1.82) is 0 Å². The molecule has 0 bridgehead atoms. The molecule has 0 atom stereocenters. The Bertz CT molecular complexity index is 1410. The van der Waals surface area contributed by atoms with E-state index in [4.69, 9.17) is 55.6 Å². The van der Waals surface area contributed by atoms with Gasteiger partial charge in [0.25, 0.3) is 10.0 Å². The fourth-order valence-electron chi connectivity index (χ4n) is 2.56. The highest BCUT2D eigenvalue weighted by Gasteiger charge is 2.24. The standard InChI is InChI=1S/C19H9Cl4NO5S2/c20-12-3-1-11(7-13(12)21)28-10-2-4-15-9(5-10)6-16(29-15)19(25)24-31(26,27)17-8-14(22)18(23)30-17/h1-8H,(H,24,25). The number of sulfonamides is 1. The molecule has 0 unspecified atom stereocenters. The lowest BCUT2D eigenvalue weighted by Gasteiger charge is -2.06. The third kappa shape index (κ3) is 4.79. The van der Waals surface area contributed by atoms with Crippen molar-refractivity contribution < 1.29 is 22.4 Å². The first kappa shape index (κ1) is 22.3. The number of nitrogens with one attached hydrogen (secondary N) is 1. The van der Waals surface area contributed by atoms with Crippen LogP contribution in [0.2, 0.25) is 19.4 Å². The van der Waals surface area contributed by atoms with Crippen molar-refractivity contribution in [2.45, 2.75) is 4.21 Å². The Morgan fingerprint density at radius 3 is 2.29 bits per heavy atom. The Balaban J connectivity index is 1.56. The van der Waals surface area contributed by atoms with E-state index in [9.17, 15) is 13.2 Å². The Hall–Kier alpha value is -1.94. The van der Waals surface area contributed by atoms with Gasteiger partial charge in [0.1, 0.15) is 25.6 Å². The molecule has 2 heterocycles. The van der Waals surface area contributed by atoms with Gasteiger partial charge in [-0.05, 0) is 42.5 Å². The minimum atomic E-state index is -4.16. The second kappa shape index (κ2) is 8.54. The van der Waals surface area contributed by atoms with E-state index < -0.39 is 15.9 Å². The topological polar surface area (TPSA) is 85.6 Å². The summed E-state index contributed by atoms with van der Waals surface area (Å²) in [4.78, 5) is 12.4. The van der Waals surface area contributed by atoms with Crippen LogP contribution in [0.25, 0.3) is 11.0 Å². The number of hydrogen-bond acceptors (Lipinski definition) is 6. The van der Waals surface area contributed by atoms with Crippen molar-refractivity contribution in [3.05, 3.63) is 73.7 Å². The first-order valence-corrected chi connectivity index (χ1v) is 12.1. The lowest BCUT2D eigenvalue weighted by atomic mass is 10.2. The molecular weight excluding hydrogens is 528 g/mol. The quantitative estimate of drug-likeness (QED) is 0.296. The van der Waals surface area contributed by atoms with E-state index in [1.807, 2.05) is 4.72 Å². The minimum absolute atomic E-state index is 0.0812. The highest BCUT2D eigenvalue weighted by molar-refractivity contribution is 7.92. The SMILES string of the molecule is O=C(NS(=O)(=O)c1cc(Cl)c(Cl)s1)c1cc2cc(Oc3ccc(Cl)c(Cl)c3)ccc2o1. The normalized spacial score (nSPS) is 11.6. The highest BCUT2D eigenvalue weighted by atomic mass is 35.5. The number of amides is 1. The van der Waals surface area contributed by atoms with E-state index >= 15 is 0 Å². The largest absolute Gasteiger partial charge is 0.457 e. The molecule has 2 aromatic carbocycles. The Morgan fingerprint density at radius 2 is 1.61 bits per heavy atom. The lowest BCUT2D eigenvalue weighted by molar-refractivity contribution is 0.0956. The molecule has 0 radical (unpaired) electrons. The maximum absolute atomic E-state index is 12.4. The molecule has 6 nitrogen and oxygen atoms in total. The van der Waals surface area contributed by atoms with Crippen LogP contribution in [-0.2, 0) is 10.0 Å². The summed E-state index contributed by atoms with van der Waals surface area (Å²) in [6, 6.07) is 12.2. The second-order valence-electron chi connectivity index (χ2n) is 6.11. The van der Waals surface area contributed by atoms with Crippen LogP contribution in [0.5, 0.6) is 11.5 Å². The molecule has 12 heteroatoms. The van der Waals surface area contributed by atoms with Crippen molar-refractivity contribution in [3.8, 4) is 11.5 Å². The summed E-state index contributed by atoms with van der Waals surface area (Å²) in [5.74, 6) is -0.216. The van der Waals surface area contributed by atoms with Gasteiger partial charge in [-0.2, -0.15) is 0 Å². The number of halogens is 4. The first-order chi connectivity index (χ1) is 14.6. The molecule has 0 fully saturated rings. The molecule has 1 N–H and O–H groups in total. The zero-order valence-electron chi connectivity index (χ0n) is 15.0. The highest BCUT2D eigenvalue weighted by Crippen LogP contribution is 2.35. The van der Waals surface area contributed by atoms with Crippen molar-refractivity contribution in [3.63, 3.8) is 0 Å². The predicted molar refractivity (Wildman–Crippen MR) is 122 cm³/mol. The van der Waals surface area contributed by atoms with Gasteiger partial charge in [-0.25, -0.2) is 13.1 Å². The van der Waals surface area contributed by atoms with Crippen molar-refractivity contribution in [1.82, 2.24) is 4.72 Å². The van der Waals surface area contributed by atoms with Crippen LogP contribution in [0.1, 0.15) is 10.6 Å². The molecule has 2 aromatic heterocycles. The molecule has 31 heavy (non-hydrogen) atoms. The predicted octanol–water partition coefficient (Wildman–Crippen LogP) is 7.02.